The molecule has 2 heterocycles. The first-order valence-electron chi connectivity index (χ1n) is 10.1. The highest BCUT2D eigenvalue weighted by atomic mass is 127. The van der Waals surface area contributed by atoms with Crippen molar-refractivity contribution in [3.05, 3.63) is 59.8 Å². The molecule has 1 aliphatic heterocycles. The molecule has 7 nitrogen and oxygen atoms in total. The van der Waals surface area contributed by atoms with Crippen LogP contribution in [-0.4, -0.2) is 56.9 Å². The number of guanidine groups is 1. The first-order chi connectivity index (χ1) is 14.2. The Labute approximate surface area is 196 Å². The van der Waals surface area contributed by atoms with Crippen molar-refractivity contribution in [1.29, 1.82) is 0 Å². The number of hydrogen-bond acceptors (Lipinski definition) is 5. The molecule has 164 valence electrons. The van der Waals surface area contributed by atoms with Crippen LogP contribution in [0.25, 0.3) is 0 Å². The van der Waals surface area contributed by atoms with Crippen LogP contribution in [0.1, 0.15) is 18.1 Å². The molecule has 2 N–H and O–H groups in total. The van der Waals surface area contributed by atoms with Crippen molar-refractivity contribution in [2.75, 3.05) is 44.8 Å². The maximum absolute atomic E-state index is 5.70. The highest BCUT2D eigenvalue weighted by Gasteiger charge is 2.18. The second kappa shape index (κ2) is 13.4. The van der Waals surface area contributed by atoms with Gasteiger partial charge in [0.1, 0.15) is 5.82 Å². The molecule has 0 amide bonds. The van der Waals surface area contributed by atoms with E-state index in [-0.39, 0.29) is 30.1 Å². The van der Waals surface area contributed by atoms with E-state index in [0.717, 1.165) is 37.0 Å². The van der Waals surface area contributed by atoms with E-state index >= 15 is 0 Å². The average molecular weight is 525 g/mol. The van der Waals surface area contributed by atoms with Crippen molar-refractivity contribution < 1.29 is 9.47 Å². The number of ether oxygens (including phenoxy) is 2. The SMILES string of the molecule is CN=C(NCCOCc1ccccc1)NCc1ccnc(N2CCOC(C)C2)c1.I. The lowest BCUT2D eigenvalue weighted by Gasteiger charge is -2.32. The average Bonchev–Trinajstić information content (AvgIpc) is 2.76. The molecule has 0 saturated carbocycles. The van der Waals surface area contributed by atoms with Gasteiger partial charge in [-0.1, -0.05) is 30.3 Å². The summed E-state index contributed by atoms with van der Waals surface area (Å²) >= 11 is 0. The lowest BCUT2D eigenvalue weighted by Crippen LogP contribution is -2.41. The van der Waals surface area contributed by atoms with Crippen molar-refractivity contribution in [2.24, 2.45) is 4.99 Å². The van der Waals surface area contributed by atoms with E-state index in [9.17, 15) is 0 Å². The van der Waals surface area contributed by atoms with Crippen LogP contribution in [0, 0.1) is 0 Å². The number of nitrogens with one attached hydrogen (secondary N) is 2. The summed E-state index contributed by atoms with van der Waals surface area (Å²) in [5.74, 6) is 1.75. The van der Waals surface area contributed by atoms with Crippen LogP contribution >= 0.6 is 24.0 Å². The van der Waals surface area contributed by atoms with Crippen LogP contribution in [0.5, 0.6) is 0 Å². The Morgan fingerprint density at radius 2 is 2.07 bits per heavy atom. The van der Waals surface area contributed by atoms with Crippen LogP contribution in [-0.2, 0) is 22.6 Å². The predicted octanol–water partition coefficient (Wildman–Crippen LogP) is 2.81. The Hall–Kier alpha value is -1.91. The van der Waals surface area contributed by atoms with Gasteiger partial charge >= 0.3 is 0 Å². The first-order valence-corrected chi connectivity index (χ1v) is 10.1. The summed E-state index contributed by atoms with van der Waals surface area (Å²) in [6.45, 7) is 7.19. The Morgan fingerprint density at radius 1 is 1.23 bits per heavy atom. The van der Waals surface area contributed by atoms with Crippen molar-refractivity contribution >= 4 is 35.8 Å². The minimum absolute atomic E-state index is 0. The first kappa shape index (κ1) is 24.4. The van der Waals surface area contributed by atoms with E-state index in [1.54, 1.807) is 7.05 Å². The lowest BCUT2D eigenvalue weighted by atomic mass is 10.2. The van der Waals surface area contributed by atoms with Gasteiger partial charge in [-0.05, 0) is 30.2 Å². The quantitative estimate of drug-likeness (QED) is 0.239. The van der Waals surface area contributed by atoms with E-state index in [2.05, 4.69) is 50.6 Å². The van der Waals surface area contributed by atoms with Crippen molar-refractivity contribution in [3.63, 3.8) is 0 Å². The molecule has 1 saturated heterocycles. The molecule has 1 aromatic heterocycles. The topological polar surface area (TPSA) is 71.0 Å². The molecule has 2 aromatic rings. The molecule has 1 atom stereocenters. The van der Waals surface area contributed by atoms with Gasteiger partial charge in [0.25, 0.3) is 0 Å². The van der Waals surface area contributed by atoms with Gasteiger partial charge in [-0.25, -0.2) is 4.98 Å². The van der Waals surface area contributed by atoms with Crippen LogP contribution in [0.4, 0.5) is 5.82 Å². The highest BCUT2D eigenvalue weighted by molar-refractivity contribution is 14.0. The third kappa shape index (κ3) is 8.08. The Kier molecular flexibility index (Phi) is 10.9. The Bertz CT molecular complexity index is 775. The van der Waals surface area contributed by atoms with E-state index in [1.807, 2.05) is 30.5 Å². The zero-order valence-electron chi connectivity index (χ0n) is 17.7. The van der Waals surface area contributed by atoms with Crippen molar-refractivity contribution in [2.45, 2.75) is 26.2 Å². The number of hydrogen-bond donors (Lipinski definition) is 2. The molecule has 1 aliphatic rings. The van der Waals surface area contributed by atoms with Crippen LogP contribution in [0.2, 0.25) is 0 Å². The zero-order valence-corrected chi connectivity index (χ0v) is 20.0. The Balaban J connectivity index is 0.00000320. The van der Waals surface area contributed by atoms with Gasteiger partial charge in [0.2, 0.25) is 0 Å². The smallest absolute Gasteiger partial charge is 0.191 e. The summed E-state index contributed by atoms with van der Waals surface area (Å²) in [7, 11) is 1.77. The molecule has 1 fully saturated rings. The standard InChI is InChI=1S/C22H31N5O2.HI/c1-18-16-27(11-13-29-18)21-14-20(8-9-24-21)15-26-22(23-2)25-10-12-28-17-19-6-4-3-5-7-19;/h3-9,14,18H,10-13,15-17H2,1-2H3,(H2,23,25,26);1H. The third-order valence-corrected chi connectivity index (χ3v) is 4.71. The number of rotatable bonds is 8. The summed E-state index contributed by atoms with van der Waals surface area (Å²) in [4.78, 5) is 11.1. The predicted molar refractivity (Wildman–Crippen MR) is 132 cm³/mol. The number of pyridine rings is 1. The van der Waals surface area contributed by atoms with Crippen LogP contribution in [0.15, 0.2) is 53.7 Å². The number of benzene rings is 1. The highest BCUT2D eigenvalue weighted by Crippen LogP contribution is 2.16. The molecule has 0 radical (unpaired) electrons. The number of aliphatic imine (C=N–C) groups is 1. The van der Waals surface area contributed by atoms with Gasteiger partial charge in [-0.2, -0.15) is 0 Å². The molecule has 1 unspecified atom stereocenters. The number of morpholine rings is 1. The zero-order chi connectivity index (χ0) is 20.3. The third-order valence-electron chi connectivity index (χ3n) is 4.71. The molecule has 8 heteroatoms. The normalized spacial score (nSPS) is 16.7. The van der Waals surface area contributed by atoms with Gasteiger partial charge < -0.3 is 25.0 Å². The van der Waals surface area contributed by atoms with Gasteiger partial charge in [-0.3, -0.25) is 4.99 Å². The molecule has 30 heavy (non-hydrogen) atoms. The number of aromatic nitrogens is 1. The van der Waals surface area contributed by atoms with E-state index in [4.69, 9.17) is 9.47 Å². The van der Waals surface area contributed by atoms with E-state index < -0.39 is 0 Å². The fourth-order valence-electron chi connectivity index (χ4n) is 3.18. The fourth-order valence-corrected chi connectivity index (χ4v) is 3.18. The summed E-state index contributed by atoms with van der Waals surface area (Å²) < 4.78 is 11.3. The van der Waals surface area contributed by atoms with Gasteiger partial charge in [0.05, 0.1) is 25.9 Å². The minimum Gasteiger partial charge on any atom is -0.375 e. The largest absolute Gasteiger partial charge is 0.375 e. The van der Waals surface area contributed by atoms with Gasteiger partial charge in [-0.15, -0.1) is 24.0 Å². The molecule has 0 aliphatic carbocycles. The number of halogens is 1. The van der Waals surface area contributed by atoms with Gasteiger partial charge in [0.15, 0.2) is 5.96 Å². The van der Waals surface area contributed by atoms with Crippen molar-refractivity contribution in [3.8, 4) is 0 Å². The van der Waals surface area contributed by atoms with E-state index in [0.29, 0.717) is 26.3 Å². The molecule has 0 bridgehead atoms. The van der Waals surface area contributed by atoms with Crippen molar-refractivity contribution in [1.82, 2.24) is 15.6 Å². The summed E-state index contributed by atoms with van der Waals surface area (Å²) in [5.41, 5.74) is 2.34. The van der Waals surface area contributed by atoms with Crippen LogP contribution < -0.4 is 15.5 Å². The second-order valence-electron chi connectivity index (χ2n) is 7.04. The number of anilines is 1. The summed E-state index contributed by atoms with van der Waals surface area (Å²) in [6, 6.07) is 14.3. The molecule has 0 spiro atoms. The second-order valence-corrected chi connectivity index (χ2v) is 7.04. The molecule has 1 aromatic carbocycles. The molecular weight excluding hydrogens is 493 g/mol. The molecular formula is C22H32IN5O2. The maximum Gasteiger partial charge on any atom is 0.191 e. The van der Waals surface area contributed by atoms with E-state index in [1.165, 1.54) is 5.56 Å². The lowest BCUT2D eigenvalue weighted by molar-refractivity contribution is 0.0529. The van der Waals surface area contributed by atoms with Gasteiger partial charge in [0, 0.05) is 39.4 Å². The minimum atomic E-state index is 0. The Morgan fingerprint density at radius 3 is 2.83 bits per heavy atom. The molecule has 3 rings (SSSR count). The maximum atomic E-state index is 5.70. The monoisotopic (exact) mass is 525 g/mol. The number of nitrogens with zero attached hydrogens (tertiary/aromatic N) is 3. The fraction of sp³-hybridized carbons (Fsp3) is 0.455. The van der Waals surface area contributed by atoms with Crippen LogP contribution in [0.3, 0.4) is 0 Å². The summed E-state index contributed by atoms with van der Waals surface area (Å²) in [5, 5.41) is 6.63. The summed E-state index contributed by atoms with van der Waals surface area (Å²) in [6.07, 6.45) is 2.10.